The van der Waals surface area contributed by atoms with Crippen LogP contribution in [0.1, 0.15) is 76.7 Å². The second-order valence-corrected chi connectivity index (χ2v) is 11.2. The van der Waals surface area contributed by atoms with Crippen molar-refractivity contribution in [3.63, 3.8) is 0 Å². The molecule has 190 valence electrons. The van der Waals surface area contributed by atoms with E-state index in [1.165, 1.54) is 61.0 Å². The topological polar surface area (TPSA) is 44.8 Å². The molecule has 1 amide bonds. The number of hydrogen-bond acceptors (Lipinski definition) is 4. The number of rotatable bonds is 2. The standard InChI is InChI=1S/C32H35N3O2/c1-21-17-25-29(19-27(21)34-13-7-3-8-14-34)37-30-20-28(35-15-9-4-10-16-35)22(2)18-26(30)32(25)24-12-6-5-11-23(24)31(36)33-32/h5-6,11-12,17-20H,3-4,7-10,13-16H2,1-2H3,(H,33,36). The van der Waals surface area contributed by atoms with Crippen molar-refractivity contribution >= 4 is 17.3 Å². The highest BCUT2D eigenvalue weighted by Crippen LogP contribution is 2.55. The fourth-order valence-corrected chi connectivity index (χ4v) is 7.06. The molecule has 4 aliphatic rings. The van der Waals surface area contributed by atoms with Gasteiger partial charge in [0.25, 0.3) is 5.91 Å². The molecule has 4 aliphatic heterocycles. The number of amides is 1. The molecule has 1 N–H and O–H groups in total. The summed E-state index contributed by atoms with van der Waals surface area (Å²) >= 11 is 0. The van der Waals surface area contributed by atoms with Crippen molar-refractivity contribution in [3.8, 4) is 11.5 Å². The molecule has 0 unspecified atom stereocenters. The average Bonchev–Trinajstić information content (AvgIpc) is 3.23. The van der Waals surface area contributed by atoms with Crippen LogP contribution < -0.4 is 19.9 Å². The Morgan fingerprint density at radius 1 is 0.703 bits per heavy atom. The van der Waals surface area contributed by atoms with Crippen LogP contribution in [0.4, 0.5) is 11.4 Å². The van der Waals surface area contributed by atoms with Gasteiger partial charge in [0.1, 0.15) is 17.0 Å². The van der Waals surface area contributed by atoms with E-state index in [-0.39, 0.29) is 5.91 Å². The Balaban J connectivity index is 1.45. The highest BCUT2D eigenvalue weighted by molar-refractivity contribution is 6.02. The van der Waals surface area contributed by atoms with Crippen LogP contribution in [0.15, 0.2) is 48.5 Å². The number of benzene rings is 3. The quantitative estimate of drug-likeness (QED) is 0.447. The van der Waals surface area contributed by atoms with Crippen LogP contribution in [0, 0.1) is 13.8 Å². The molecule has 0 atom stereocenters. The second kappa shape index (κ2) is 8.54. The molecule has 0 radical (unpaired) electrons. The van der Waals surface area contributed by atoms with E-state index in [0.29, 0.717) is 0 Å². The number of fused-ring (bicyclic) bond motifs is 6. The highest BCUT2D eigenvalue weighted by Gasteiger charge is 2.51. The molecular formula is C32H35N3O2. The third-order valence-electron chi connectivity index (χ3n) is 8.89. The molecule has 3 aromatic carbocycles. The third kappa shape index (κ3) is 3.39. The molecule has 0 bridgehead atoms. The Kier molecular flexibility index (Phi) is 5.24. The maximum absolute atomic E-state index is 13.4. The fourth-order valence-electron chi connectivity index (χ4n) is 7.06. The molecule has 37 heavy (non-hydrogen) atoms. The van der Waals surface area contributed by atoms with Crippen molar-refractivity contribution < 1.29 is 9.53 Å². The first-order chi connectivity index (χ1) is 18.1. The van der Waals surface area contributed by atoms with E-state index in [4.69, 9.17) is 4.74 Å². The smallest absolute Gasteiger partial charge is 0.252 e. The van der Waals surface area contributed by atoms with Crippen LogP contribution in [0.5, 0.6) is 11.5 Å². The molecular weight excluding hydrogens is 458 g/mol. The van der Waals surface area contributed by atoms with Crippen molar-refractivity contribution in [2.24, 2.45) is 0 Å². The first kappa shape index (κ1) is 22.7. The second-order valence-electron chi connectivity index (χ2n) is 11.2. The molecule has 1 spiro atoms. The summed E-state index contributed by atoms with van der Waals surface area (Å²) in [5, 5.41) is 3.45. The van der Waals surface area contributed by atoms with Crippen molar-refractivity contribution in [1.82, 2.24) is 5.32 Å². The number of nitrogens with one attached hydrogen (secondary N) is 1. The third-order valence-corrected chi connectivity index (χ3v) is 8.89. The van der Waals surface area contributed by atoms with E-state index >= 15 is 0 Å². The van der Waals surface area contributed by atoms with Gasteiger partial charge in [0.2, 0.25) is 0 Å². The minimum atomic E-state index is -0.757. The van der Waals surface area contributed by atoms with Gasteiger partial charge in [0, 0.05) is 66.4 Å². The highest BCUT2D eigenvalue weighted by atomic mass is 16.5. The first-order valence-electron chi connectivity index (χ1n) is 14.0. The molecule has 5 nitrogen and oxygen atoms in total. The Bertz CT molecular complexity index is 1330. The number of piperidine rings is 2. The van der Waals surface area contributed by atoms with Crippen LogP contribution in [0.3, 0.4) is 0 Å². The average molecular weight is 494 g/mol. The summed E-state index contributed by atoms with van der Waals surface area (Å²) in [4.78, 5) is 18.4. The fraction of sp³-hybridized carbons (Fsp3) is 0.406. The van der Waals surface area contributed by atoms with Crippen molar-refractivity contribution in [2.45, 2.75) is 57.9 Å². The zero-order chi connectivity index (χ0) is 25.1. The Hall–Kier alpha value is -3.47. The van der Waals surface area contributed by atoms with Crippen molar-refractivity contribution in [3.05, 3.63) is 81.9 Å². The van der Waals surface area contributed by atoms with Gasteiger partial charge in [-0.05, 0) is 87.3 Å². The van der Waals surface area contributed by atoms with E-state index in [9.17, 15) is 4.79 Å². The Morgan fingerprint density at radius 3 is 1.76 bits per heavy atom. The molecule has 4 heterocycles. The lowest BCUT2D eigenvalue weighted by Crippen LogP contribution is -2.44. The van der Waals surface area contributed by atoms with Gasteiger partial charge in [0.15, 0.2) is 0 Å². The molecule has 0 aliphatic carbocycles. The molecule has 5 heteroatoms. The van der Waals surface area contributed by atoms with E-state index in [0.717, 1.165) is 59.9 Å². The summed E-state index contributed by atoms with van der Waals surface area (Å²) in [6.45, 7) is 8.72. The minimum absolute atomic E-state index is 0.0232. The van der Waals surface area contributed by atoms with Gasteiger partial charge in [-0.2, -0.15) is 0 Å². The zero-order valence-corrected chi connectivity index (χ0v) is 21.9. The van der Waals surface area contributed by atoms with Gasteiger partial charge in [-0.1, -0.05) is 18.2 Å². The number of ether oxygens (including phenoxy) is 1. The summed E-state index contributed by atoms with van der Waals surface area (Å²) in [5.41, 5.74) is 8.02. The number of hydrogen-bond donors (Lipinski definition) is 1. The number of carbonyl (C=O) groups excluding carboxylic acids is 1. The lowest BCUT2D eigenvalue weighted by atomic mass is 9.74. The number of carbonyl (C=O) groups is 1. The predicted molar refractivity (Wildman–Crippen MR) is 148 cm³/mol. The molecule has 2 fully saturated rings. The molecule has 2 saturated heterocycles. The summed E-state index contributed by atoms with van der Waals surface area (Å²) in [7, 11) is 0. The van der Waals surface area contributed by atoms with E-state index in [2.05, 4.69) is 59.3 Å². The lowest BCUT2D eigenvalue weighted by molar-refractivity contribution is 0.0946. The summed E-state index contributed by atoms with van der Waals surface area (Å²) in [5.74, 6) is 1.68. The van der Waals surface area contributed by atoms with Gasteiger partial charge in [0.05, 0.1) is 0 Å². The van der Waals surface area contributed by atoms with Gasteiger partial charge in [-0.15, -0.1) is 0 Å². The van der Waals surface area contributed by atoms with Gasteiger partial charge in [-0.25, -0.2) is 0 Å². The normalized spacial score (nSPS) is 19.7. The predicted octanol–water partition coefficient (Wildman–Crippen LogP) is 6.43. The zero-order valence-electron chi connectivity index (χ0n) is 21.9. The molecule has 7 rings (SSSR count). The molecule has 3 aromatic rings. The van der Waals surface area contributed by atoms with Crippen molar-refractivity contribution in [2.75, 3.05) is 36.0 Å². The SMILES string of the molecule is Cc1cc2c(cc1N1CCCCC1)Oc1cc(N3CCCCC3)c(C)cc1C21NC(=O)c2ccccc21. The van der Waals surface area contributed by atoms with E-state index in [1.54, 1.807) is 0 Å². The van der Waals surface area contributed by atoms with E-state index in [1.807, 2.05) is 18.2 Å². The first-order valence-corrected chi connectivity index (χ1v) is 14.0. The molecule has 0 aromatic heterocycles. The maximum Gasteiger partial charge on any atom is 0.252 e. The van der Waals surface area contributed by atoms with E-state index < -0.39 is 5.54 Å². The monoisotopic (exact) mass is 493 g/mol. The summed E-state index contributed by atoms with van der Waals surface area (Å²) in [6.07, 6.45) is 7.51. The summed E-state index contributed by atoms with van der Waals surface area (Å²) in [6, 6.07) is 17.0. The number of anilines is 2. The largest absolute Gasteiger partial charge is 0.456 e. The van der Waals surface area contributed by atoms with Gasteiger partial charge in [-0.3, -0.25) is 4.79 Å². The van der Waals surface area contributed by atoms with Gasteiger partial charge >= 0.3 is 0 Å². The number of aryl methyl sites for hydroxylation is 2. The van der Waals surface area contributed by atoms with Crippen molar-refractivity contribution in [1.29, 1.82) is 0 Å². The van der Waals surface area contributed by atoms with Crippen LogP contribution >= 0.6 is 0 Å². The van der Waals surface area contributed by atoms with Crippen LogP contribution in [0.2, 0.25) is 0 Å². The lowest BCUT2D eigenvalue weighted by Gasteiger charge is -2.41. The van der Waals surface area contributed by atoms with Crippen LogP contribution in [0.25, 0.3) is 0 Å². The van der Waals surface area contributed by atoms with Crippen LogP contribution in [-0.4, -0.2) is 32.1 Å². The Morgan fingerprint density at radius 2 is 1.22 bits per heavy atom. The minimum Gasteiger partial charge on any atom is -0.456 e. The van der Waals surface area contributed by atoms with Crippen LogP contribution in [-0.2, 0) is 5.54 Å². The maximum atomic E-state index is 13.4. The number of nitrogens with zero attached hydrogens (tertiary/aromatic N) is 2. The summed E-state index contributed by atoms with van der Waals surface area (Å²) < 4.78 is 6.78. The molecule has 0 saturated carbocycles. The van der Waals surface area contributed by atoms with Gasteiger partial charge < -0.3 is 19.9 Å². The Labute approximate surface area is 219 Å².